The minimum Gasteiger partial charge on any atom is -0.444 e. The van der Waals surface area contributed by atoms with E-state index in [1.54, 1.807) is 45.0 Å². The molecule has 0 saturated carbocycles. The number of amides is 2. The van der Waals surface area contributed by atoms with E-state index in [1.165, 1.54) is 0 Å². The minimum absolute atomic E-state index is 0.118. The Labute approximate surface area is 136 Å². The summed E-state index contributed by atoms with van der Waals surface area (Å²) in [5.74, 6) is -0.149. The monoisotopic (exact) mass is 320 g/mol. The summed E-state index contributed by atoms with van der Waals surface area (Å²) in [5.41, 5.74) is 0.569. The fourth-order valence-corrected chi connectivity index (χ4v) is 2.24. The van der Waals surface area contributed by atoms with Crippen LogP contribution in [-0.2, 0) is 9.47 Å². The maximum Gasteiger partial charge on any atom is 0.412 e. The molecule has 2 rings (SSSR count). The summed E-state index contributed by atoms with van der Waals surface area (Å²) in [6, 6.07) is 6.67. The number of carbonyl (C=O) groups is 2. The zero-order chi connectivity index (χ0) is 16.9. The third-order valence-electron chi connectivity index (χ3n) is 3.31. The molecule has 1 unspecified atom stereocenters. The Kier molecular flexibility index (Phi) is 5.60. The lowest BCUT2D eigenvalue weighted by Gasteiger charge is -2.19. The van der Waals surface area contributed by atoms with E-state index in [1.807, 2.05) is 0 Å². The molecule has 23 heavy (non-hydrogen) atoms. The number of ether oxygens (including phenoxy) is 2. The first kappa shape index (κ1) is 17.3. The molecule has 6 nitrogen and oxygen atoms in total. The molecule has 1 atom stereocenters. The number of benzene rings is 1. The van der Waals surface area contributed by atoms with E-state index < -0.39 is 11.7 Å². The van der Waals surface area contributed by atoms with Crippen LogP contribution in [0.3, 0.4) is 0 Å². The van der Waals surface area contributed by atoms with Gasteiger partial charge >= 0.3 is 6.09 Å². The van der Waals surface area contributed by atoms with Crippen molar-refractivity contribution in [1.82, 2.24) is 5.32 Å². The maximum atomic E-state index is 12.0. The molecule has 2 amide bonds. The average molecular weight is 320 g/mol. The molecular formula is C17H24N2O4. The van der Waals surface area contributed by atoms with E-state index in [4.69, 9.17) is 9.47 Å². The minimum atomic E-state index is -0.549. The quantitative estimate of drug-likeness (QED) is 0.894. The van der Waals surface area contributed by atoms with Gasteiger partial charge in [0.1, 0.15) is 5.60 Å². The number of hydrogen-bond donors (Lipinski definition) is 2. The Bertz CT molecular complexity index is 543. The van der Waals surface area contributed by atoms with E-state index in [0.717, 1.165) is 19.4 Å². The fourth-order valence-electron chi connectivity index (χ4n) is 2.24. The molecular weight excluding hydrogens is 296 g/mol. The van der Waals surface area contributed by atoms with Crippen LogP contribution >= 0.6 is 0 Å². The van der Waals surface area contributed by atoms with Crippen molar-refractivity contribution < 1.29 is 19.1 Å². The predicted octanol–water partition coefficient (Wildman–Crippen LogP) is 2.94. The molecule has 0 spiro atoms. The number of nitrogens with one attached hydrogen (secondary N) is 2. The van der Waals surface area contributed by atoms with Crippen LogP contribution in [0.5, 0.6) is 0 Å². The lowest BCUT2D eigenvalue weighted by Crippen LogP contribution is -2.31. The van der Waals surface area contributed by atoms with Gasteiger partial charge in [0.2, 0.25) is 0 Å². The van der Waals surface area contributed by atoms with E-state index in [2.05, 4.69) is 10.6 Å². The van der Waals surface area contributed by atoms with Crippen LogP contribution in [0.2, 0.25) is 0 Å². The Morgan fingerprint density at radius 1 is 1.26 bits per heavy atom. The normalized spacial score (nSPS) is 17.6. The summed E-state index contributed by atoms with van der Waals surface area (Å²) in [6.45, 7) is 6.69. The molecule has 0 bridgehead atoms. The molecule has 1 aliphatic heterocycles. The molecule has 1 aliphatic rings. The molecule has 0 aliphatic carbocycles. The molecule has 2 N–H and O–H groups in total. The van der Waals surface area contributed by atoms with Crippen molar-refractivity contribution in [2.24, 2.45) is 0 Å². The van der Waals surface area contributed by atoms with Gasteiger partial charge in [0.05, 0.1) is 6.10 Å². The predicted molar refractivity (Wildman–Crippen MR) is 87.6 cm³/mol. The van der Waals surface area contributed by atoms with Gasteiger partial charge in [0.25, 0.3) is 5.91 Å². The van der Waals surface area contributed by atoms with Crippen molar-refractivity contribution in [2.45, 2.75) is 45.3 Å². The summed E-state index contributed by atoms with van der Waals surface area (Å²) in [7, 11) is 0. The molecule has 1 saturated heterocycles. The van der Waals surface area contributed by atoms with Crippen LogP contribution in [0.1, 0.15) is 44.0 Å². The molecule has 126 valence electrons. The molecule has 0 aromatic heterocycles. The smallest absolute Gasteiger partial charge is 0.412 e. The van der Waals surface area contributed by atoms with Crippen molar-refractivity contribution in [3.8, 4) is 0 Å². The van der Waals surface area contributed by atoms with Gasteiger partial charge in [-0.2, -0.15) is 0 Å². The van der Waals surface area contributed by atoms with Gasteiger partial charge in [-0.3, -0.25) is 10.1 Å². The summed E-state index contributed by atoms with van der Waals surface area (Å²) >= 11 is 0. The molecule has 1 fully saturated rings. The van der Waals surface area contributed by atoms with Crippen LogP contribution in [0, 0.1) is 0 Å². The first-order chi connectivity index (χ1) is 10.8. The Morgan fingerprint density at radius 2 is 1.96 bits per heavy atom. The Balaban J connectivity index is 1.83. The van der Waals surface area contributed by atoms with Gasteiger partial charge in [-0.25, -0.2) is 4.79 Å². The van der Waals surface area contributed by atoms with Gasteiger partial charge < -0.3 is 14.8 Å². The molecule has 0 radical (unpaired) electrons. The number of anilines is 1. The number of carbonyl (C=O) groups excluding carboxylic acids is 2. The highest BCUT2D eigenvalue weighted by Crippen LogP contribution is 2.14. The second-order valence-corrected chi connectivity index (χ2v) is 6.55. The van der Waals surface area contributed by atoms with Crippen molar-refractivity contribution in [3.05, 3.63) is 29.8 Å². The highest BCUT2D eigenvalue weighted by Gasteiger charge is 2.17. The Morgan fingerprint density at radius 3 is 2.52 bits per heavy atom. The lowest BCUT2D eigenvalue weighted by atomic mass is 10.2. The Hall–Kier alpha value is -2.08. The molecule has 1 aromatic rings. The van der Waals surface area contributed by atoms with Crippen molar-refractivity contribution in [3.63, 3.8) is 0 Å². The summed E-state index contributed by atoms with van der Waals surface area (Å²) in [4.78, 5) is 23.7. The number of hydrogen-bond acceptors (Lipinski definition) is 4. The van der Waals surface area contributed by atoms with Crippen LogP contribution in [0.15, 0.2) is 24.3 Å². The first-order valence-electron chi connectivity index (χ1n) is 7.83. The van der Waals surface area contributed by atoms with Crippen LogP contribution < -0.4 is 10.6 Å². The highest BCUT2D eigenvalue weighted by molar-refractivity contribution is 5.95. The van der Waals surface area contributed by atoms with E-state index >= 15 is 0 Å². The standard InChI is InChI=1S/C17H24N2O4/c1-17(2,3)23-16(21)19-13-8-6-12(7-9-13)15(20)18-11-14-5-4-10-22-14/h6-9,14H,4-5,10-11H2,1-3H3,(H,18,20)(H,19,21). The maximum absolute atomic E-state index is 12.0. The molecule has 1 heterocycles. The summed E-state index contributed by atoms with van der Waals surface area (Å²) in [6.07, 6.45) is 1.63. The van der Waals surface area contributed by atoms with Crippen LogP contribution in [-0.4, -0.2) is 36.9 Å². The zero-order valence-corrected chi connectivity index (χ0v) is 13.8. The number of rotatable bonds is 4. The van der Waals surface area contributed by atoms with Crippen molar-refractivity contribution >= 4 is 17.7 Å². The van der Waals surface area contributed by atoms with Gasteiger partial charge in [0.15, 0.2) is 0 Å². The van der Waals surface area contributed by atoms with Crippen molar-refractivity contribution in [2.75, 3.05) is 18.5 Å². The topological polar surface area (TPSA) is 76.7 Å². The highest BCUT2D eigenvalue weighted by atomic mass is 16.6. The van der Waals surface area contributed by atoms with E-state index in [-0.39, 0.29) is 12.0 Å². The van der Waals surface area contributed by atoms with Crippen LogP contribution in [0.4, 0.5) is 10.5 Å². The summed E-state index contributed by atoms with van der Waals surface area (Å²) < 4.78 is 10.6. The summed E-state index contributed by atoms with van der Waals surface area (Å²) in [5, 5.41) is 5.48. The van der Waals surface area contributed by atoms with Gasteiger partial charge in [0, 0.05) is 24.4 Å². The molecule has 6 heteroatoms. The van der Waals surface area contributed by atoms with Gasteiger partial charge in [-0.15, -0.1) is 0 Å². The van der Waals surface area contributed by atoms with E-state index in [9.17, 15) is 9.59 Å². The second-order valence-electron chi connectivity index (χ2n) is 6.55. The lowest BCUT2D eigenvalue weighted by molar-refractivity contribution is 0.0635. The largest absolute Gasteiger partial charge is 0.444 e. The SMILES string of the molecule is CC(C)(C)OC(=O)Nc1ccc(C(=O)NCC2CCCO2)cc1. The molecule has 1 aromatic carbocycles. The second kappa shape index (κ2) is 7.46. The fraction of sp³-hybridized carbons (Fsp3) is 0.529. The van der Waals surface area contributed by atoms with Crippen LogP contribution in [0.25, 0.3) is 0 Å². The third-order valence-corrected chi connectivity index (χ3v) is 3.31. The van der Waals surface area contributed by atoms with E-state index in [0.29, 0.717) is 17.8 Å². The average Bonchev–Trinajstić information content (AvgIpc) is 2.96. The third kappa shape index (κ3) is 5.90. The zero-order valence-electron chi connectivity index (χ0n) is 13.8. The first-order valence-corrected chi connectivity index (χ1v) is 7.83. The van der Waals surface area contributed by atoms with Gasteiger partial charge in [-0.05, 0) is 57.9 Å². The van der Waals surface area contributed by atoms with Crippen molar-refractivity contribution in [1.29, 1.82) is 0 Å². The van der Waals surface area contributed by atoms with Gasteiger partial charge in [-0.1, -0.05) is 0 Å².